The van der Waals surface area contributed by atoms with Crippen LogP contribution in [0.5, 0.6) is 0 Å². The minimum atomic E-state index is -0.102. The molecule has 0 atom stereocenters. The van der Waals surface area contributed by atoms with Gasteiger partial charge in [-0.3, -0.25) is 4.79 Å². The van der Waals surface area contributed by atoms with Gasteiger partial charge in [-0.25, -0.2) is 4.98 Å². The SMILES string of the molecule is CCn1c(SCC(=O)Nc2nc(C)cs2)nnc1-c1ccc(Br)cc1. The lowest BCUT2D eigenvalue weighted by Gasteiger charge is -2.07. The average Bonchev–Trinajstić information content (AvgIpc) is 3.19. The van der Waals surface area contributed by atoms with Crippen molar-refractivity contribution in [3.05, 3.63) is 39.8 Å². The molecule has 6 nitrogen and oxygen atoms in total. The molecule has 0 fully saturated rings. The van der Waals surface area contributed by atoms with E-state index in [1.807, 2.05) is 48.1 Å². The summed E-state index contributed by atoms with van der Waals surface area (Å²) in [5, 5.41) is 14.6. The summed E-state index contributed by atoms with van der Waals surface area (Å²) in [6.45, 7) is 4.66. The summed E-state index contributed by atoms with van der Waals surface area (Å²) in [5.41, 5.74) is 1.89. The summed E-state index contributed by atoms with van der Waals surface area (Å²) < 4.78 is 3.02. The van der Waals surface area contributed by atoms with Crippen LogP contribution in [0.25, 0.3) is 11.4 Å². The van der Waals surface area contributed by atoms with E-state index in [4.69, 9.17) is 0 Å². The molecule has 2 aromatic heterocycles. The Kier molecular flexibility index (Phi) is 5.87. The van der Waals surface area contributed by atoms with E-state index in [0.717, 1.165) is 33.3 Å². The molecule has 1 N–H and O–H groups in total. The molecule has 0 aliphatic heterocycles. The fraction of sp³-hybridized carbons (Fsp3) is 0.250. The number of rotatable bonds is 6. The lowest BCUT2D eigenvalue weighted by Crippen LogP contribution is -2.14. The standard InChI is InChI=1S/C16H16BrN5OS2/c1-3-22-14(11-4-6-12(17)7-5-11)20-21-16(22)25-9-13(23)19-15-18-10(2)8-24-15/h4-8H,3,9H2,1-2H3,(H,18,19,23). The Morgan fingerprint density at radius 2 is 2.08 bits per heavy atom. The number of aromatic nitrogens is 4. The minimum Gasteiger partial charge on any atom is -0.302 e. The highest BCUT2D eigenvalue weighted by Gasteiger charge is 2.15. The third-order valence-corrected chi connectivity index (χ3v) is 5.70. The number of nitrogens with one attached hydrogen (secondary N) is 1. The molecule has 3 aromatic rings. The van der Waals surface area contributed by atoms with Crippen LogP contribution in [0.3, 0.4) is 0 Å². The molecule has 3 rings (SSSR count). The second-order valence-electron chi connectivity index (χ2n) is 5.19. The third-order valence-electron chi connectivity index (χ3n) is 3.33. The minimum absolute atomic E-state index is 0.102. The van der Waals surface area contributed by atoms with E-state index in [-0.39, 0.29) is 11.7 Å². The van der Waals surface area contributed by atoms with E-state index in [0.29, 0.717) is 5.13 Å². The Morgan fingerprint density at radius 3 is 2.72 bits per heavy atom. The predicted octanol–water partition coefficient (Wildman–Crippen LogP) is 4.22. The number of carbonyl (C=O) groups is 1. The van der Waals surface area contributed by atoms with Crippen LogP contribution in [0.2, 0.25) is 0 Å². The van der Waals surface area contributed by atoms with Gasteiger partial charge in [0.25, 0.3) is 0 Å². The highest BCUT2D eigenvalue weighted by molar-refractivity contribution is 9.10. The van der Waals surface area contributed by atoms with Gasteiger partial charge in [-0.15, -0.1) is 21.5 Å². The number of hydrogen-bond donors (Lipinski definition) is 1. The molecule has 0 radical (unpaired) electrons. The van der Waals surface area contributed by atoms with Crippen molar-refractivity contribution >= 4 is 50.1 Å². The number of halogens is 1. The normalized spacial score (nSPS) is 10.8. The van der Waals surface area contributed by atoms with Crippen LogP contribution >= 0.6 is 39.0 Å². The molecule has 0 bridgehead atoms. The number of hydrogen-bond acceptors (Lipinski definition) is 6. The van der Waals surface area contributed by atoms with Gasteiger partial charge in [0.1, 0.15) is 0 Å². The molecule has 0 spiro atoms. The highest BCUT2D eigenvalue weighted by atomic mass is 79.9. The van der Waals surface area contributed by atoms with Crippen LogP contribution < -0.4 is 5.32 Å². The van der Waals surface area contributed by atoms with Gasteiger partial charge in [0, 0.05) is 22.0 Å². The van der Waals surface area contributed by atoms with Crippen molar-refractivity contribution < 1.29 is 4.79 Å². The Balaban J connectivity index is 1.68. The second kappa shape index (κ2) is 8.11. The first kappa shape index (κ1) is 18.1. The number of aryl methyl sites for hydroxylation is 1. The number of carbonyl (C=O) groups excluding carboxylic acids is 1. The molecular formula is C16H16BrN5OS2. The zero-order valence-electron chi connectivity index (χ0n) is 13.7. The maximum absolute atomic E-state index is 12.1. The summed E-state index contributed by atoms with van der Waals surface area (Å²) in [6, 6.07) is 7.93. The Morgan fingerprint density at radius 1 is 1.32 bits per heavy atom. The predicted molar refractivity (Wildman–Crippen MR) is 105 cm³/mol. The van der Waals surface area contributed by atoms with E-state index < -0.39 is 0 Å². The summed E-state index contributed by atoms with van der Waals surface area (Å²) in [5.74, 6) is 0.959. The maximum Gasteiger partial charge on any atom is 0.236 e. The lowest BCUT2D eigenvalue weighted by atomic mass is 10.2. The lowest BCUT2D eigenvalue weighted by molar-refractivity contribution is -0.113. The number of thioether (sulfide) groups is 1. The van der Waals surface area contributed by atoms with Crippen LogP contribution in [-0.4, -0.2) is 31.4 Å². The van der Waals surface area contributed by atoms with Gasteiger partial charge in [-0.1, -0.05) is 39.8 Å². The smallest absolute Gasteiger partial charge is 0.236 e. The number of benzene rings is 1. The fourth-order valence-corrected chi connectivity index (χ4v) is 3.96. The van der Waals surface area contributed by atoms with Crippen molar-refractivity contribution in [1.82, 2.24) is 19.7 Å². The fourth-order valence-electron chi connectivity index (χ4n) is 2.19. The molecular weight excluding hydrogens is 422 g/mol. The molecule has 0 aliphatic carbocycles. The second-order valence-corrected chi connectivity index (χ2v) is 7.90. The Bertz CT molecular complexity index is 875. The first-order valence-corrected chi connectivity index (χ1v) is 10.3. The summed E-state index contributed by atoms with van der Waals surface area (Å²) in [6.07, 6.45) is 0. The number of anilines is 1. The van der Waals surface area contributed by atoms with Crippen molar-refractivity contribution in [1.29, 1.82) is 0 Å². The van der Waals surface area contributed by atoms with Gasteiger partial charge in [0.15, 0.2) is 16.1 Å². The highest BCUT2D eigenvalue weighted by Crippen LogP contribution is 2.25. The van der Waals surface area contributed by atoms with Crippen LogP contribution in [-0.2, 0) is 11.3 Å². The summed E-state index contributed by atoms with van der Waals surface area (Å²) in [4.78, 5) is 16.3. The number of thiazole rings is 1. The largest absolute Gasteiger partial charge is 0.302 e. The first-order valence-electron chi connectivity index (χ1n) is 7.60. The van der Waals surface area contributed by atoms with Gasteiger partial charge in [0.2, 0.25) is 5.91 Å². The van der Waals surface area contributed by atoms with Crippen molar-refractivity contribution in [2.24, 2.45) is 0 Å². The molecule has 9 heteroatoms. The van der Waals surface area contributed by atoms with Crippen molar-refractivity contribution in [2.45, 2.75) is 25.5 Å². The van der Waals surface area contributed by atoms with Crippen LogP contribution in [0.1, 0.15) is 12.6 Å². The van der Waals surface area contributed by atoms with Gasteiger partial charge in [-0.05, 0) is 26.0 Å². The third kappa shape index (κ3) is 4.47. The van der Waals surface area contributed by atoms with E-state index in [1.54, 1.807) is 0 Å². The van der Waals surface area contributed by atoms with Crippen LogP contribution in [0.4, 0.5) is 5.13 Å². The first-order chi connectivity index (χ1) is 12.1. The molecule has 0 saturated heterocycles. The maximum atomic E-state index is 12.1. The topological polar surface area (TPSA) is 72.7 Å². The van der Waals surface area contributed by atoms with Crippen LogP contribution in [0, 0.1) is 6.92 Å². The molecule has 0 unspecified atom stereocenters. The molecule has 130 valence electrons. The van der Waals surface area contributed by atoms with E-state index >= 15 is 0 Å². The summed E-state index contributed by atoms with van der Waals surface area (Å²) >= 11 is 6.22. The number of nitrogens with zero attached hydrogens (tertiary/aromatic N) is 4. The zero-order chi connectivity index (χ0) is 17.8. The van der Waals surface area contributed by atoms with E-state index in [9.17, 15) is 4.79 Å². The Hall–Kier alpha value is -1.71. The molecule has 0 aliphatic rings. The van der Waals surface area contributed by atoms with Crippen molar-refractivity contribution in [3.8, 4) is 11.4 Å². The van der Waals surface area contributed by atoms with E-state index in [1.165, 1.54) is 23.1 Å². The molecule has 1 amide bonds. The van der Waals surface area contributed by atoms with Gasteiger partial charge in [-0.2, -0.15) is 0 Å². The van der Waals surface area contributed by atoms with E-state index in [2.05, 4.69) is 36.4 Å². The Labute approximate surface area is 162 Å². The molecule has 25 heavy (non-hydrogen) atoms. The zero-order valence-corrected chi connectivity index (χ0v) is 16.9. The molecule has 0 saturated carbocycles. The average molecular weight is 438 g/mol. The molecule has 2 heterocycles. The van der Waals surface area contributed by atoms with Gasteiger partial charge >= 0.3 is 0 Å². The quantitative estimate of drug-likeness (QED) is 0.584. The van der Waals surface area contributed by atoms with Gasteiger partial charge < -0.3 is 9.88 Å². The van der Waals surface area contributed by atoms with Crippen molar-refractivity contribution in [3.63, 3.8) is 0 Å². The van der Waals surface area contributed by atoms with Crippen molar-refractivity contribution in [2.75, 3.05) is 11.1 Å². The van der Waals surface area contributed by atoms with Crippen LogP contribution in [0.15, 0.2) is 39.3 Å². The summed E-state index contributed by atoms with van der Waals surface area (Å²) in [7, 11) is 0. The number of amides is 1. The van der Waals surface area contributed by atoms with Gasteiger partial charge in [0.05, 0.1) is 11.4 Å². The monoisotopic (exact) mass is 437 g/mol. The molecule has 1 aromatic carbocycles.